The molecule has 1 rings (SSSR count). The molecule has 0 saturated carbocycles. The Kier molecular flexibility index (Phi) is 5.46. The Balaban J connectivity index is 2.48. The molecule has 2 nitrogen and oxygen atoms in total. The van der Waals surface area contributed by atoms with Gasteiger partial charge in [0, 0.05) is 18.0 Å². The number of alkyl halides is 3. The van der Waals surface area contributed by atoms with E-state index in [2.05, 4.69) is 24.1 Å². The van der Waals surface area contributed by atoms with Gasteiger partial charge in [-0.3, -0.25) is 4.90 Å². The smallest absolute Gasteiger partial charge is 0.315 e. The first-order valence-electron chi connectivity index (χ1n) is 6.76. The maximum Gasteiger partial charge on any atom is 0.389 e. The number of nitrogens with zero attached hydrogens (tertiary/aromatic N) is 1. The molecule has 108 valence electrons. The van der Waals surface area contributed by atoms with Crippen LogP contribution in [0.25, 0.3) is 0 Å². The van der Waals surface area contributed by atoms with E-state index in [9.17, 15) is 13.2 Å². The first kappa shape index (κ1) is 15.8. The summed E-state index contributed by atoms with van der Waals surface area (Å²) in [4.78, 5) is 2.39. The Morgan fingerprint density at radius 3 is 2.17 bits per heavy atom. The Morgan fingerprint density at radius 2 is 1.72 bits per heavy atom. The van der Waals surface area contributed by atoms with E-state index in [-0.39, 0.29) is 18.0 Å². The fraction of sp³-hybridized carbons (Fsp3) is 1.00. The molecule has 0 aromatic carbocycles. The highest BCUT2D eigenvalue weighted by Gasteiger charge is 2.36. The van der Waals surface area contributed by atoms with Gasteiger partial charge in [-0.05, 0) is 59.7 Å². The second kappa shape index (κ2) is 6.24. The van der Waals surface area contributed by atoms with Crippen molar-refractivity contribution in [1.82, 2.24) is 10.2 Å². The molecule has 1 aliphatic heterocycles. The van der Waals surface area contributed by atoms with Gasteiger partial charge in [0.2, 0.25) is 0 Å². The molecule has 0 amide bonds. The largest absolute Gasteiger partial charge is 0.389 e. The first-order chi connectivity index (χ1) is 8.27. The van der Waals surface area contributed by atoms with Crippen LogP contribution in [0.4, 0.5) is 13.2 Å². The number of likely N-dealkylation sites (tertiary alicyclic amines) is 1. The lowest BCUT2D eigenvalue weighted by Crippen LogP contribution is -2.56. The Labute approximate surface area is 108 Å². The van der Waals surface area contributed by atoms with Crippen molar-refractivity contribution in [3.8, 4) is 0 Å². The molecule has 0 aromatic rings. The second-order valence-electron chi connectivity index (χ2n) is 5.70. The van der Waals surface area contributed by atoms with Crippen LogP contribution < -0.4 is 5.32 Å². The minimum absolute atomic E-state index is 0.0726. The molecule has 1 saturated heterocycles. The zero-order chi connectivity index (χ0) is 13.8. The molecule has 0 radical (unpaired) electrons. The lowest BCUT2D eigenvalue weighted by molar-refractivity contribution is -0.136. The first-order valence-corrected chi connectivity index (χ1v) is 6.76. The summed E-state index contributed by atoms with van der Waals surface area (Å²) < 4.78 is 36.5. The average Bonchev–Trinajstić information content (AvgIpc) is 2.76. The van der Waals surface area contributed by atoms with E-state index in [1.165, 1.54) is 12.8 Å². The lowest BCUT2D eigenvalue weighted by Gasteiger charge is -2.42. The lowest BCUT2D eigenvalue weighted by atomic mass is 9.88. The summed E-state index contributed by atoms with van der Waals surface area (Å²) in [7, 11) is 1.84. The summed E-state index contributed by atoms with van der Waals surface area (Å²) in [5.74, 6) is 0. The highest BCUT2D eigenvalue weighted by atomic mass is 19.4. The van der Waals surface area contributed by atoms with Gasteiger partial charge in [-0.1, -0.05) is 0 Å². The van der Waals surface area contributed by atoms with Crippen molar-refractivity contribution in [3.05, 3.63) is 0 Å². The molecular formula is C13H25F3N2. The normalized spacial score (nSPS) is 20.3. The fourth-order valence-corrected chi connectivity index (χ4v) is 2.87. The van der Waals surface area contributed by atoms with Gasteiger partial charge in [-0.2, -0.15) is 13.2 Å². The standard InChI is InChI=1S/C13H25F3N2/c1-12(2,18-9-4-5-10-18)11(17-3)7-6-8-13(14,15)16/h11,17H,4-10H2,1-3H3. The van der Waals surface area contributed by atoms with Gasteiger partial charge in [0.25, 0.3) is 0 Å². The van der Waals surface area contributed by atoms with E-state index in [4.69, 9.17) is 0 Å². The Bertz CT molecular complexity index is 245. The van der Waals surface area contributed by atoms with Crippen LogP contribution in [0.5, 0.6) is 0 Å². The SMILES string of the molecule is CNC(CCCC(F)(F)F)C(C)(C)N1CCCC1. The molecule has 1 atom stereocenters. The van der Waals surface area contributed by atoms with Gasteiger partial charge in [0.1, 0.15) is 0 Å². The summed E-state index contributed by atoms with van der Waals surface area (Å²) >= 11 is 0. The molecule has 1 heterocycles. The quantitative estimate of drug-likeness (QED) is 0.794. The maximum absolute atomic E-state index is 12.2. The summed E-state index contributed by atoms with van der Waals surface area (Å²) in [5.41, 5.74) is -0.0726. The summed E-state index contributed by atoms with van der Waals surface area (Å²) in [6, 6.07) is 0.109. The van der Waals surface area contributed by atoms with Crippen LogP contribution in [0.3, 0.4) is 0 Å². The van der Waals surface area contributed by atoms with Gasteiger partial charge >= 0.3 is 6.18 Å². The number of likely N-dealkylation sites (N-methyl/N-ethyl adjacent to an activating group) is 1. The number of hydrogen-bond donors (Lipinski definition) is 1. The summed E-state index contributed by atoms with van der Waals surface area (Å²) in [6.07, 6.45) is -1.55. The van der Waals surface area contributed by atoms with Crippen LogP contribution in [0.15, 0.2) is 0 Å². The minimum Gasteiger partial charge on any atom is -0.315 e. The predicted octanol–water partition coefficient (Wildman–Crippen LogP) is 3.18. The van der Waals surface area contributed by atoms with Gasteiger partial charge in [-0.15, -0.1) is 0 Å². The molecule has 1 N–H and O–H groups in total. The third kappa shape index (κ3) is 4.43. The number of rotatable bonds is 6. The van der Waals surface area contributed by atoms with E-state index in [1.54, 1.807) is 0 Å². The zero-order valence-electron chi connectivity index (χ0n) is 11.6. The van der Waals surface area contributed by atoms with E-state index in [0.717, 1.165) is 13.1 Å². The van der Waals surface area contributed by atoms with Crippen molar-refractivity contribution in [1.29, 1.82) is 0 Å². The molecule has 0 spiro atoms. The van der Waals surface area contributed by atoms with Crippen molar-refractivity contribution in [2.45, 2.75) is 63.7 Å². The van der Waals surface area contributed by atoms with E-state index < -0.39 is 12.6 Å². The topological polar surface area (TPSA) is 15.3 Å². The predicted molar refractivity (Wildman–Crippen MR) is 67.6 cm³/mol. The van der Waals surface area contributed by atoms with Crippen molar-refractivity contribution >= 4 is 0 Å². The van der Waals surface area contributed by atoms with Crippen LogP contribution in [-0.4, -0.2) is 42.8 Å². The number of nitrogens with one attached hydrogen (secondary N) is 1. The van der Waals surface area contributed by atoms with Gasteiger partial charge in [0.15, 0.2) is 0 Å². The van der Waals surface area contributed by atoms with Gasteiger partial charge in [-0.25, -0.2) is 0 Å². The van der Waals surface area contributed by atoms with E-state index >= 15 is 0 Å². The summed E-state index contributed by atoms with van der Waals surface area (Å²) in [6.45, 7) is 6.38. The van der Waals surface area contributed by atoms with Gasteiger partial charge < -0.3 is 5.32 Å². The van der Waals surface area contributed by atoms with Crippen LogP contribution in [-0.2, 0) is 0 Å². The zero-order valence-corrected chi connectivity index (χ0v) is 11.6. The molecular weight excluding hydrogens is 241 g/mol. The molecule has 1 fully saturated rings. The average molecular weight is 266 g/mol. The third-order valence-corrected chi connectivity index (χ3v) is 4.08. The Hall–Kier alpha value is -0.290. The number of hydrogen-bond acceptors (Lipinski definition) is 2. The number of halogens is 3. The van der Waals surface area contributed by atoms with Crippen LogP contribution in [0.1, 0.15) is 46.0 Å². The van der Waals surface area contributed by atoms with Crippen LogP contribution in [0, 0.1) is 0 Å². The van der Waals surface area contributed by atoms with Crippen molar-refractivity contribution in [3.63, 3.8) is 0 Å². The second-order valence-corrected chi connectivity index (χ2v) is 5.70. The molecule has 1 unspecified atom stereocenters. The maximum atomic E-state index is 12.2. The fourth-order valence-electron chi connectivity index (χ4n) is 2.87. The minimum atomic E-state index is -4.03. The monoisotopic (exact) mass is 266 g/mol. The summed E-state index contributed by atoms with van der Waals surface area (Å²) in [5, 5.41) is 3.20. The van der Waals surface area contributed by atoms with Crippen molar-refractivity contribution in [2.24, 2.45) is 0 Å². The van der Waals surface area contributed by atoms with Gasteiger partial charge in [0.05, 0.1) is 0 Å². The van der Waals surface area contributed by atoms with Crippen LogP contribution in [0.2, 0.25) is 0 Å². The van der Waals surface area contributed by atoms with E-state index in [0.29, 0.717) is 6.42 Å². The highest BCUT2D eigenvalue weighted by molar-refractivity contribution is 4.94. The van der Waals surface area contributed by atoms with Crippen LogP contribution >= 0.6 is 0 Å². The third-order valence-electron chi connectivity index (χ3n) is 4.08. The molecule has 0 aromatic heterocycles. The molecule has 18 heavy (non-hydrogen) atoms. The Morgan fingerprint density at radius 1 is 1.17 bits per heavy atom. The molecule has 0 aliphatic carbocycles. The van der Waals surface area contributed by atoms with Crippen molar-refractivity contribution < 1.29 is 13.2 Å². The highest BCUT2D eigenvalue weighted by Crippen LogP contribution is 2.29. The molecule has 1 aliphatic rings. The molecule has 0 bridgehead atoms. The van der Waals surface area contributed by atoms with Crippen molar-refractivity contribution in [2.75, 3.05) is 20.1 Å². The molecule has 5 heteroatoms. The van der Waals surface area contributed by atoms with E-state index in [1.807, 2.05) is 7.05 Å².